The van der Waals surface area contributed by atoms with Gasteiger partial charge in [-0.15, -0.1) is 0 Å². The van der Waals surface area contributed by atoms with Crippen LogP contribution in [0, 0.1) is 5.92 Å². The lowest BCUT2D eigenvalue weighted by molar-refractivity contribution is -0.117. The van der Waals surface area contributed by atoms with E-state index in [0.717, 1.165) is 36.2 Å². The molecule has 3 heterocycles. The molecule has 2 aromatic carbocycles. The third-order valence-corrected chi connectivity index (χ3v) is 7.40. The topological polar surface area (TPSA) is 98.6 Å². The molecular formula is C31H35N5O2. The van der Waals surface area contributed by atoms with Crippen molar-refractivity contribution in [3.63, 3.8) is 0 Å². The Hall–Kier alpha value is -3.65. The predicted octanol–water partition coefficient (Wildman–Crippen LogP) is 4.52. The van der Waals surface area contributed by atoms with Gasteiger partial charge in [0.25, 0.3) is 0 Å². The Morgan fingerprint density at radius 1 is 1.05 bits per heavy atom. The smallest absolute Gasteiger partial charge is 0.241 e. The summed E-state index contributed by atoms with van der Waals surface area (Å²) in [5.41, 5.74) is 3.14. The largest absolute Gasteiger partial charge is 0.388 e. The molecular weight excluding hydrogens is 474 g/mol. The molecule has 1 saturated heterocycles. The maximum Gasteiger partial charge on any atom is 0.241 e. The Balaban J connectivity index is 1.59. The van der Waals surface area contributed by atoms with Crippen molar-refractivity contribution in [1.29, 1.82) is 0 Å². The Morgan fingerprint density at radius 2 is 1.84 bits per heavy atom. The molecule has 2 aliphatic heterocycles. The average molecular weight is 510 g/mol. The number of dihydropyridines is 1. The Bertz CT molecular complexity index is 1260. The molecule has 0 bridgehead atoms. The van der Waals surface area contributed by atoms with Crippen LogP contribution in [0.2, 0.25) is 0 Å². The van der Waals surface area contributed by atoms with E-state index in [4.69, 9.17) is 4.99 Å². The fraction of sp³-hybridized carbons (Fsp3) is 0.323. The van der Waals surface area contributed by atoms with Crippen LogP contribution in [0.1, 0.15) is 54.6 Å². The molecule has 6 atom stereocenters. The van der Waals surface area contributed by atoms with Crippen LogP contribution < -0.4 is 16.0 Å². The van der Waals surface area contributed by atoms with E-state index >= 15 is 0 Å². The number of benzene rings is 2. The minimum Gasteiger partial charge on any atom is -0.388 e. The van der Waals surface area contributed by atoms with Crippen LogP contribution >= 0.6 is 0 Å². The first-order chi connectivity index (χ1) is 18.6. The number of nitrogens with zero attached hydrogens (tertiary/aromatic N) is 2. The molecule has 1 fully saturated rings. The molecule has 5 rings (SSSR count). The van der Waals surface area contributed by atoms with Gasteiger partial charge in [-0.1, -0.05) is 67.6 Å². The lowest BCUT2D eigenvalue weighted by Crippen LogP contribution is -2.41. The second-order valence-corrected chi connectivity index (χ2v) is 9.99. The zero-order chi connectivity index (χ0) is 26.3. The van der Waals surface area contributed by atoms with E-state index in [0.29, 0.717) is 5.69 Å². The molecule has 4 N–H and O–H groups in total. The van der Waals surface area contributed by atoms with Crippen molar-refractivity contribution in [1.82, 2.24) is 15.6 Å². The summed E-state index contributed by atoms with van der Waals surface area (Å²) in [6.07, 6.45) is 8.36. The normalized spacial score (nSPS) is 23.1. The van der Waals surface area contributed by atoms with E-state index in [1.54, 1.807) is 12.4 Å². The molecule has 0 radical (unpaired) electrons. The van der Waals surface area contributed by atoms with Crippen molar-refractivity contribution in [3.8, 4) is 0 Å². The van der Waals surface area contributed by atoms with Crippen LogP contribution in [-0.2, 0) is 4.79 Å². The Labute approximate surface area is 224 Å². The number of carbonyl (C=O) groups is 1. The first kappa shape index (κ1) is 26.0. The highest BCUT2D eigenvalue weighted by atomic mass is 16.3. The van der Waals surface area contributed by atoms with Gasteiger partial charge in [0.1, 0.15) is 6.17 Å². The summed E-state index contributed by atoms with van der Waals surface area (Å²) in [7, 11) is 0. The van der Waals surface area contributed by atoms with Crippen LogP contribution in [0.15, 0.2) is 96.1 Å². The molecule has 0 saturated carbocycles. The lowest BCUT2D eigenvalue weighted by atomic mass is 9.81. The van der Waals surface area contributed by atoms with Gasteiger partial charge in [0.2, 0.25) is 5.91 Å². The van der Waals surface area contributed by atoms with Gasteiger partial charge in [0.05, 0.1) is 18.1 Å². The van der Waals surface area contributed by atoms with Crippen molar-refractivity contribution in [2.24, 2.45) is 10.9 Å². The van der Waals surface area contributed by atoms with Crippen LogP contribution in [0.3, 0.4) is 0 Å². The van der Waals surface area contributed by atoms with Gasteiger partial charge in [-0.05, 0) is 54.8 Å². The average Bonchev–Trinajstić information content (AvgIpc) is 3.51. The number of anilines is 1. The van der Waals surface area contributed by atoms with Gasteiger partial charge in [-0.2, -0.15) is 0 Å². The van der Waals surface area contributed by atoms with Gasteiger partial charge in [-0.25, -0.2) is 0 Å². The standard InChI is InChI=1S/C31H35N5O2/c1-21-11-9-20-34-30(21)36-28(23-14-5-6-15-24(23)35-31(38)26-17-10-19-33-26)27(25-16-7-8-18-32-25)29(37)22-12-3-2-4-13-22/h2-9,11-16,18,20-21,26-30,33,36-37H,10,17,19H2,1H3,(H,35,38)/t21?,26-,27?,28?,29?,30?/m0/s1. The SMILES string of the molecule is CC1C=CC=NC1NC(c1ccccc1NC(=O)[C@@H]1CCCN1)C(c1ccccn1)C(O)c1ccccc1. The highest BCUT2D eigenvalue weighted by molar-refractivity contribution is 5.95. The van der Waals surface area contributed by atoms with E-state index in [9.17, 15) is 9.90 Å². The second kappa shape index (κ2) is 12.3. The summed E-state index contributed by atoms with van der Waals surface area (Å²) >= 11 is 0. The van der Waals surface area contributed by atoms with Gasteiger partial charge in [-0.3, -0.25) is 20.1 Å². The number of allylic oxidation sites excluding steroid dienone is 1. The number of nitrogens with one attached hydrogen (secondary N) is 3. The molecule has 2 aliphatic rings. The number of aliphatic imine (C=N–C) groups is 1. The molecule has 3 aromatic rings. The van der Waals surface area contributed by atoms with Gasteiger partial charge >= 0.3 is 0 Å². The van der Waals surface area contributed by atoms with E-state index in [1.165, 1.54) is 0 Å². The third-order valence-electron chi connectivity index (χ3n) is 7.40. The number of aromatic nitrogens is 1. The maximum atomic E-state index is 13.1. The van der Waals surface area contributed by atoms with Crippen molar-refractivity contribution in [2.45, 2.75) is 50.0 Å². The monoisotopic (exact) mass is 509 g/mol. The molecule has 38 heavy (non-hydrogen) atoms. The summed E-state index contributed by atoms with van der Waals surface area (Å²) in [4.78, 5) is 22.5. The van der Waals surface area contributed by atoms with E-state index in [1.807, 2.05) is 78.9 Å². The molecule has 7 heteroatoms. The van der Waals surface area contributed by atoms with Crippen LogP contribution in [0.25, 0.3) is 0 Å². The number of pyridine rings is 1. The molecule has 0 spiro atoms. The first-order valence-electron chi connectivity index (χ1n) is 13.3. The molecule has 0 aliphatic carbocycles. The summed E-state index contributed by atoms with van der Waals surface area (Å²) in [5.74, 6) is -0.363. The zero-order valence-electron chi connectivity index (χ0n) is 21.6. The summed E-state index contributed by atoms with van der Waals surface area (Å²) in [6.45, 7) is 2.96. The minimum atomic E-state index is -0.859. The van der Waals surface area contributed by atoms with E-state index in [2.05, 4.69) is 33.9 Å². The number of amides is 1. The minimum absolute atomic E-state index is 0.0429. The number of aliphatic hydroxyl groups is 1. The molecule has 196 valence electrons. The van der Waals surface area contributed by atoms with Crippen LogP contribution in [-0.4, -0.2) is 41.0 Å². The highest BCUT2D eigenvalue weighted by Gasteiger charge is 2.37. The quantitative estimate of drug-likeness (QED) is 0.340. The number of hydrogen-bond donors (Lipinski definition) is 4. The van der Waals surface area contributed by atoms with Crippen molar-refractivity contribution in [3.05, 3.63) is 108 Å². The molecule has 5 unspecified atom stereocenters. The summed E-state index contributed by atoms with van der Waals surface area (Å²) < 4.78 is 0. The summed E-state index contributed by atoms with van der Waals surface area (Å²) in [6, 6.07) is 22.6. The Kier molecular flexibility index (Phi) is 8.38. The van der Waals surface area contributed by atoms with Crippen LogP contribution in [0.4, 0.5) is 5.69 Å². The third kappa shape index (κ3) is 5.91. The maximum absolute atomic E-state index is 13.1. The Morgan fingerprint density at radius 3 is 2.58 bits per heavy atom. The molecule has 1 amide bonds. The van der Waals surface area contributed by atoms with Crippen molar-refractivity contribution in [2.75, 3.05) is 11.9 Å². The lowest BCUT2D eigenvalue weighted by Gasteiger charge is -2.36. The number of para-hydroxylation sites is 1. The van der Waals surface area contributed by atoms with E-state index < -0.39 is 18.1 Å². The van der Waals surface area contributed by atoms with Crippen molar-refractivity contribution < 1.29 is 9.90 Å². The fourth-order valence-electron chi connectivity index (χ4n) is 5.33. The number of aliphatic hydroxyl groups excluding tert-OH is 1. The zero-order valence-corrected chi connectivity index (χ0v) is 21.6. The first-order valence-corrected chi connectivity index (χ1v) is 13.3. The predicted molar refractivity (Wildman–Crippen MR) is 151 cm³/mol. The number of carbonyl (C=O) groups excluding carboxylic acids is 1. The van der Waals surface area contributed by atoms with Gasteiger partial charge in [0.15, 0.2) is 0 Å². The van der Waals surface area contributed by atoms with Crippen molar-refractivity contribution >= 4 is 17.8 Å². The second-order valence-electron chi connectivity index (χ2n) is 9.99. The van der Waals surface area contributed by atoms with Gasteiger partial charge in [0, 0.05) is 35.8 Å². The van der Waals surface area contributed by atoms with Crippen LogP contribution in [0.5, 0.6) is 0 Å². The number of hydrogen-bond acceptors (Lipinski definition) is 6. The highest BCUT2D eigenvalue weighted by Crippen LogP contribution is 2.43. The fourth-order valence-corrected chi connectivity index (χ4v) is 5.33. The van der Waals surface area contributed by atoms with Gasteiger partial charge < -0.3 is 15.7 Å². The number of rotatable bonds is 9. The molecule has 7 nitrogen and oxygen atoms in total. The van der Waals surface area contributed by atoms with E-state index in [-0.39, 0.29) is 24.0 Å². The molecule has 1 aromatic heterocycles. The summed E-state index contributed by atoms with van der Waals surface area (Å²) in [5, 5.41) is 22.1.